The van der Waals surface area contributed by atoms with Crippen LogP contribution in [0.25, 0.3) is 11.3 Å². The van der Waals surface area contributed by atoms with Gasteiger partial charge in [0.25, 0.3) is 0 Å². The average Bonchev–Trinajstić information content (AvgIpc) is 3.02. The summed E-state index contributed by atoms with van der Waals surface area (Å²) in [6.07, 6.45) is 0.830. The first-order valence-electron chi connectivity index (χ1n) is 8.64. The van der Waals surface area contributed by atoms with Crippen LogP contribution < -0.4 is 10.6 Å². The summed E-state index contributed by atoms with van der Waals surface area (Å²) in [6, 6.07) is 14.8. The molecule has 134 valence electrons. The molecule has 0 aliphatic heterocycles. The van der Waals surface area contributed by atoms with Crippen molar-refractivity contribution < 1.29 is 4.79 Å². The van der Waals surface area contributed by atoms with E-state index in [1.165, 1.54) is 23.6 Å². The minimum atomic E-state index is 0.00734. The average molecular weight is 366 g/mol. The summed E-state index contributed by atoms with van der Waals surface area (Å²) in [5.41, 5.74) is 6.80. The van der Waals surface area contributed by atoms with E-state index in [0.29, 0.717) is 6.54 Å². The van der Waals surface area contributed by atoms with E-state index in [1.807, 2.05) is 0 Å². The monoisotopic (exact) mass is 365 g/mol. The second-order valence-corrected chi connectivity index (χ2v) is 7.33. The Bertz CT molecular complexity index is 880. The standard InChI is InChI=1S/C21H23N3OS/c1-14-10-15(2)12-19(11-14)23-21-24-20(13-26-21)18-6-4-17(5-7-18)8-9-22-16(3)25/h4-7,10-13H,8-9H2,1-3H3,(H,22,25)(H,23,24). The lowest BCUT2D eigenvalue weighted by atomic mass is 10.1. The molecule has 0 atom stereocenters. The van der Waals surface area contributed by atoms with Gasteiger partial charge in [0.2, 0.25) is 5.91 Å². The predicted molar refractivity (Wildman–Crippen MR) is 109 cm³/mol. The number of amides is 1. The van der Waals surface area contributed by atoms with E-state index >= 15 is 0 Å². The zero-order chi connectivity index (χ0) is 18.5. The molecule has 0 saturated heterocycles. The lowest BCUT2D eigenvalue weighted by Gasteiger charge is -2.06. The molecule has 26 heavy (non-hydrogen) atoms. The third kappa shape index (κ3) is 4.92. The van der Waals surface area contributed by atoms with Gasteiger partial charge in [0.1, 0.15) is 0 Å². The van der Waals surface area contributed by atoms with Crippen molar-refractivity contribution >= 4 is 28.1 Å². The zero-order valence-electron chi connectivity index (χ0n) is 15.3. The van der Waals surface area contributed by atoms with Gasteiger partial charge in [-0.25, -0.2) is 4.98 Å². The van der Waals surface area contributed by atoms with E-state index in [2.05, 4.69) is 72.3 Å². The van der Waals surface area contributed by atoms with Crippen molar-refractivity contribution in [1.29, 1.82) is 0 Å². The Labute approximate surface area is 158 Å². The van der Waals surface area contributed by atoms with Gasteiger partial charge < -0.3 is 10.6 Å². The lowest BCUT2D eigenvalue weighted by Crippen LogP contribution is -2.22. The Morgan fingerprint density at radius 2 is 1.77 bits per heavy atom. The second kappa shape index (κ2) is 8.15. The number of rotatable bonds is 6. The Kier molecular flexibility index (Phi) is 5.68. The van der Waals surface area contributed by atoms with Crippen LogP contribution in [0.15, 0.2) is 47.8 Å². The van der Waals surface area contributed by atoms with E-state index in [1.54, 1.807) is 11.3 Å². The molecular weight excluding hydrogens is 342 g/mol. The van der Waals surface area contributed by atoms with Crippen molar-refractivity contribution in [3.63, 3.8) is 0 Å². The normalized spacial score (nSPS) is 10.6. The molecule has 4 nitrogen and oxygen atoms in total. The highest BCUT2D eigenvalue weighted by Crippen LogP contribution is 2.28. The van der Waals surface area contributed by atoms with Crippen molar-refractivity contribution in [3.05, 3.63) is 64.5 Å². The van der Waals surface area contributed by atoms with Crippen LogP contribution >= 0.6 is 11.3 Å². The Morgan fingerprint density at radius 1 is 1.08 bits per heavy atom. The summed E-state index contributed by atoms with van der Waals surface area (Å²) in [5.74, 6) is 0.00734. The number of hydrogen-bond donors (Lipinski definition) is 2. The fourth-order valence-electron chi connectivity index (χ4n) is 2.86. The van der Waals surface area contributed by atoms with E-state index in [0.717, 1.165) is 28.5 Å². The highest BCUT2D eigenvalue weighted by atomic mass is 32.1. The maximum Gasteiger partial charge on any atom is 0.216 e. The van der Waals surface area contributed by atoms with Gasteiger partial charge in [-0.1, -0.05) is 30.3 Å². The predicted octanol–water partition coefficient (Wildman–Crippen LogP) is 4.85. The first kappa shape index (κ1) is 18.1. The number of thiazole rings is 1. The number of carbonyl (C=O) groups is 1. The van der Waals surface area contributed by atoms with Gasteiger partial charge >= 0.3 is 0 Å². The molecule has 0 aliphatic carbocycles. The van der Waals surface area contributed by atoms with E-state index in [-0.39, 0.29) is 5.91 Å². The fraction of sp³-hybridized carbons (Fsp3) is 0.238. The topological polar surface area (TPSA) is 54.0 Å². The molecule has 5 heteroatoms. The molecule has 2 aromatic carbocycles. The van der Waals surface area contributed by atoms with Gasteiger partial charge in [-0.05, 0) is 49.1 Å². The zero-order valence-corrected chi connectivity index (χ0v) is 16.1. The minimum Gasteiger partial charge on any atom is -0.356 e. The molecule has 1 amide bonds. The number of carbonyl (C=O) groups excluding carboxylic acids is 1. The van der Waals surface area contributed by atoms with Gasteiger partial charge in [0, 0.05) is 30.1 Å². The third-order valence-electron chi connectivity index (χ3n) is 4.01. The summed E-state index contributed by atoms with van der Waals surface area (Å²) in [6.45, 7) is 6.39. The van der Waals surface area contributed by atoms with Crippen LogP contribution in [-0.2, 0) is 11.2 Å². The SMILES string of the molecule is CC(=O)NCCc1ccc(-c2csc(Nc3cc(C)cc(C)c3)n2)cc1. The van der Waals surface area contributed by atoms with Crippen molar-refractivity contribution in [2.45, 2.75) is 27.2 Å². The molecule has 2 N–H and O–H groups in total. The third-order valence-corrected chi connectivity index (χ3v) is 4.77. The van der Waals surface area contributed by atoms with Gasteiger partial charge in [0.05, 0.1) is 5.69 Å². The molecule has 0 radical (unpaired) electrons. The number of aromatic nitrogens is 1. The quantitative estimate of drug-likeness (QED) is 0.656. The number of nitrogens with zero attached hydrogens (tertiary/aromatic N) is 1. The molecule has 0 fully saturated rings. The molecule has 0 saturated carbocycles. The Balaban J connectivity index is 1.66. The number of aryl methyl sites for hydroxylation is 2. The van der Waals surface area contributed by atoms with Gasteiger partial charge in [-0.3, -0.25) is 4.79 Å². The Morgan fingerprint density at radius 3 is 2.42 bits per heavy atom. The summed E-state index contributed by atoms with van der Waals surface area (Å²) in [4.78, 5) is 15.6. The van der Waals surface area contributed by atoms with Gasteiger partial charge in [-0.15, -0.1) is 11.3 Å². The molecule has 1 aromatic heterocycles. The second-order valence-electron chi connectivity index (χ2n) is 6.47. The number of benzene rings is 2. The number of anilines is 2. The Hall–Kier alpha value is -2.66. The van der Waals surface area contributed by atoms with Crippen molar-refractivity contribution in [2.24, 2.45) is 0 Å². The summed E-state index contributed by atoms with van der Waals surface area (Å²) in [7, 11) is 0. The molecule has 3 rings (SSSR count). The first-order valence-corrected chi connectivity index (χ1v) is 9.52. The lowest BCUT2D eigenvalue weighted by molar-refractivity contribution is -0.118. The highest BCUT2D eigenvalue weighted by molar-refractivity contribution is 7.14. The fourth-order valence-corrected chi connectivity index (χ4v) is 3.60. The van der Waals surface area contributed by atoms with Crippen LogP contribution in [0.5, 0.6) is 0 Å². The van der Waals surface area contributed by atoms with Gasteiger partial charge in [-0.2, -0.15) is 0 Å². The van der Waals surface area contributed by atoms with E-state index in [4.69, 9.17) is 4.98 Å². The van der Waals surface area contributed by atoms with Crippen molar-refractivity contribution in [1.82, 2.24) is 10.3 Å². The molecule has 0 spiro atoms. The smallest absolute Gasteiger partial charge is 0.216 e. The van der Waals surface area contributed by atoms with E-state index < -0.39 is 0 Å². The van der Waals surface area contributed by atoms with Crippen molar-refractivity contribution in [3.8, 4) is 11.3 Å². The van der Waals surface area contributed by atoms with Crippen LogP contribution in [-0.4, -0.2) is 17.4 Å². The van der Waals surface area contributed by atoms with Crippen LogP contribution in [0.3, 0.4) is 0 Å². The van der Waals surface area contributed by atoms with Gasteiger partial charge in [0.15, 0.2) is 5.13 Å². The van der Waals surface area contributed by atoms with E-state index in [9.17, 15) is 4.79 Å². The molecule has 3 aromatic rings. The molecule has 0 bridgehead atoms. The summed E-state index contributed by atoms with van der Waals surface area (Å²) in [5, 5.41) is 9.16. The van der Waals surface area contributed by atoms with Crippen LogP contribution in [0.2, 0.25) is 0 Å². The maximum absolute atomic E-state index is 10.9. The molecule has 0 unspecified atom stereocenters. The summed E-state index contributed by atoms with van der Waals surface area (Å²) < 4.78 is 0. The number of hydrogen-bond acceptors (Lipinski definition) is 4. The van der Waals surface area contributed by atoms with Crippen LogP contribution in [0.1, 0.15) is 23.6 Å². The number of nitrogens with one attached hydrogen (secondary N) is 2. The highest BCUT2D eigenvalue weighted by Gasteiger charge is 2.06. The minimum absolute atomic E-state index is 0.00734. The van der Waals surface area contributed by atoms with Crippen LogP contribution in [0, 0.1) is 13.8 Å². The van der Waals surface area contributed by atoms with Crippen LogP contribution in [0.4, 0.5) is 10.8 Å². The maximum atomic E-state index is 10.9. The molecule has 0 aliphatic rings. The largest absolute Gasteiger partial charge is 0.356 e. The molecular formula is C21H23N3OS. The molecule has 1 heterocycles. The first-order chi connectivity index (χ1) is 12.5. The summed E-state index contributed by atoms with van der Waals surface area (Å²) >= 11 is 1.60. The van der Waals surface area contributed by atoms with Crippen molar-refractivity contribution in [2.75, 3.05) is 11.9 Å².